The summed E-state index contributed by atoms with van der Waals surface area (Å²) in [6.07, 6.45) is -0.0132. The molecule has 0 bridgehead atoms. The largest absolute Gasteiger partial charge is 0.481 e. The maximum Gasteiger partial charge on any atom is 0.320 e. The predicted octanol–water partition coefficient (Wildman–Crippen LogP) is 4.41. The number of aromatic nitrogens is 4. The molecule has 4 aromatic rings. The van der Waals surface area contributed by atoms with E-state index in [9.17, 15) is 14.0 Å². The molecular weight excluding hydrogens is 547 g/mol. The number of carbonyl (C=O) groups is 2. The lowest BCUT2D eigenvalue weighted by Crippen LogP contribution is -2.30. The number of hydrogen-bond acceptors (Lipinski definition) is 11. The maximum absolute atomic E-state index is 14.8. The third-order valence-corrected chi connectivity index (χ3v) is 5.98. The average Bonchev–Trinajstić information content (AvgIpc) is 3.65. The van der Waals surface area contributed by atoms with Gasteiger partial charge in [0.1, 0.15) is 18.2 Å². The third kappa shape index (κ3) is 7.75. The molecule has 0 saturated heterocycles. The Hall–Kier alpha value is -4.65. The summed E-state index contributed by atoms with van der Waals surface area (Å²) in [7, 11) is 3.48. The standard InChI is InChI=1S/C29H33FN6O6/c1-6-23(40-20-10-7-18(8-11-20)25-32-28(17(2)3)41-34-25)29-33-26(35-42-29)19-9-12-21(22(30)15-19)27(38)31-13-14-39-24(37)16-36(4)5/h7-12,15,17,23H,6,13-14,16H2,1-5H3,(H,31,38). The van der Waals surface area contributed by atoms with Crippen LogP contribution in [0.4, 0.5) is 4.39 Å². The van der Waals surface area contributed by atoms with Gasteiger partial charge < -0.3 is 23.8 Å². The first-order valence-corrected chi connectivity index (χ1v) is 13.5. The Morgan fingerprint density at radius 1 is 0.976 bits per heavy atom. The number of carbonyl (C=O) groups excluding carboxylic acids is 2. The molecular formula is C29H33FN6O6. The summed E-state index contributed by atoms with van der Waals surface area (Å²) in [6.45, 7) is 6.02. The summed E-state index contributed by atoms with van der Waals surface area (Å²) in [5.41, 5.74) is 0.951. The monoisotopic (exact) mass is 580 g/mol. The van der Waals surface area contributed by atoms with Crippen LogP contribution in [0.2, 0.25) is 0 Å². The first-order valence-electron chi connectivity index (χ1n) is 13.5. The van der Waals surface area contributed by atoms with E-state index >= 15 is 0 Å². The predicted molar refractivity (Wildman–Crippen MR) is 149 cm³/mol. The summed E-state index contributed by atoms with van der Waals surface area (Å²) in [5.74, 6) is 0.336. The van der Waals surface area contributed by atoms with Gasteiger partial charge in [0.25, 0.3) is 11.8 Å². The summed E-state index contributed by atoms with van der Waals surface area (Å²) >= 11 is 0. The Morgan fingerprint density at radius 2 is 1.62 bits per heavy atom. The first kappa shape index (κ1) is 30.3. The molecule has 0 saturated carbocycles. The van der Waals surface area contributed by atoms with Crippen LogP contribution < -0.4 is 10.1 Å². The van der Waals surface area contributed by atoms with Crippen molar-refractivity contribution >= 4 is 11.9 Å². The minimum atomic E-state index is -0.758. The first-order chi connectivity index (χ1) is 20.1. The molecule has 0 aliphatic carbocycles. The van der Waals surface area contributed by atoms with Crippen LogP contribution in [0.1, 0.15) is 61.4 Å². The molecule has 42 heavy (non-hydrogen) atoms. The second kappa shape index (κ2) is 13.8. The van der Waals surface area contributed by atoms with E-state index in [0.29, 0.717) is 29.4 Å². The van der Waals surface area contributed by atoms with E-state index in [-0.39, 0.29) is 42.9 Å². The maximum atomic E-state index is 14.8. The van der Waals surface area contributed by atoms with Gasteiger partial charge in [0, 0.05) is 17.0 Å². The number of rotatable bonds is 13. The zero-order valence-electron chi connectivity index (χ0n) is 24.1. The normalized spacial score (nSPS) is 12.0. The van der Waals surface area contributed by atoms with Gasteiger partial charge in [-0.15, -0.1) is 0 Å². The van der Waals surface area contributed by atoms with Gasteiger partial charge in [-0.3, -0.25) is 14.5 Å². The molecule has 0 fully saturated rings. The van der Waals surface area contributed by atoms with Gasteiger partial charge in [-0.2, -0.15) is 9.97 Å². The molecule has 0 aliphatic heterocycles. The van der Waals surface area contributed by atoms with Crippen molar-refractivity contribution in [2.75, 3.05) is 33.8 Å². The molecule has 2 aromatic heterocycles. The minimum absolute atomic E-state index is 0.0213. The highest BCUT2D eigenvalue weighted by molar-refractivity contribution is 5.94. The second-order valence-electron chi connectivity index (χ2n) is 10.0. The molecule has 13 heteroatoms. The van der Waals surface area contributed by atoms with E-state index < -0.39 is 23.8 Å². The van der Waals surface area contributed by atoms with Crippen molar-refractivity contribution in [2.24, 2.45) is 0 Å². The Balaban J connectivity index is 1.35. The topological polar surface area (TPSA) is 146 Å². The van der Waals surface area contributed by atoms with Crippen molar-refractivity contribution in [1.29, 1.82) is 0 Å². The molecule has 1 unspecified atom stereocenters. The van der Waals surface area contributed by atoms with E-state index in [1.807, 2.05) is 32.9 Å². The van der Waals surface area contributed by atoms with Crippen molar-refractivity contribution in [3.63, 3.8) is 0 Å². The fourth-order valence-corrected chi connectivity index (χ4v) is 3.79. The minimum Gasteiger partial charge on any atom is -0.481 e. The van der Waals surface area contributed by atoms with Crippen LogP contribution in [0.25, 0.3) is 22.8 Å². The Morgan fingerprint density at radius 3 is 2.24 bits per heavy atom. The average molecular weight is 581 g/mol. The number of halogens is 1. The Kier molecular flexibility index (Phi) is 9.97. The molecule has 1 N–H and O–H groups in total. The van der Waals surface area contributed by atoms with Crippen molar-refractivity contribution in [1.82, 2.24) is 30.5 Å². The number of nitrogens with zero attached hydrogens (tertiary/aromatic N) is 5. The van der Waals surface area contributed by atoms with Gasteiger partial charge in [-0.05, 0) is 56.9 Å². The molecule has 222 valence electrons. The third-order valence-electron chi connectivity index (χ3n) is 5.98. The van der Waals surface area contributed by atoms with Crippen molar-refractivity contribution in [2.45, 2.75) is 39.2 Å². The molecule has 2 heterocycles. The lowest BCUT2D eigenvalue weighted by atomic mass is 10.1. The van der Waals surface area contributed by atoms with E-state index in [1.165, 1.54) is 12.1 Å². The number of esters is 1. The number of benzene rings is 2. The van der Waals surface area contributed by atoms with Crippen molar-refractivity contribution < 1.29 is 32.5 Å². The number of likely N-dealkylation sites (N-methyl/N-ethyl adjacent to an activating group) is 1. The highest BCUT2D eigenvalue weighted by Crippen LogP contribution is 2.28. The Bertz CT molecular complexity index is 1500. The molecule has 0 aliphatic rings. The summed E-state index contributed by atoms with van der Waals surface area (Å²) in [4.78, 5) is 34.4. The number of amides is 1. The Labute approximate surface area is 242 Å². The van der Waals surface area contributed by atoms with Crippen LogP contribution in [0.3, 0.4) is 0 Å². The van der Waals surface area contributed by atoms with Crippen molar-refractivity contribution in [3.8, 4) is 28.5 Å². The van der Waals surface area contributed by atoms with Crippen LogP contribution in [0.5, 0.6) is 5.75 Å². The van der Waals surface area contributed by atoms with E-state index in [0.717, 1.165) is 11.6 Å². The smallest absolute Gasteiger partial charge is 0.320 e. The highest BCUT2D eigenvalue weighted by atomic mass is 19.1. The summed E-state index contributed by atoms with van der Waals surface area (Å²) in [5, 5.41) is 10.5. The molecule has 1 atom stereocenters. The van der Waals surface area contributed by atoms with Gasteiger partial charge in [0.15, 0.2) is 6.10 Å². The zero-order valence-corrected chi connectivity index (χ0v) is 24.1. The van der Waals surface area contributed by atoms with Gasteiger partial charge in [-0.1, -0.05) is 37.2 Å². The number of nitrogens with one attached hydrogen (secondary N) is 1. The SMILES string of the molecule is CCC(Oc1ccc(-c2noc(C(C)C)n2)cc1)c1nc(-c2ccc(C(=O)NCCOC(=O)CN(C)C)c(F)c2)no1. The quantitative estimate of drug-likeness (QED) is 0.177. The molecule has 2 aromatic carbocycles. The summed E-state index contributed by atoms with van der Waals surface area (Å²) < 4.78 is 36.6. The van der Waals surface area contributed by atoms with Crippen LogP contribution in [-0.4, -0.2) is 70.8 Å². The van der Waals surface area contributed by atoms with Crippen molar-refractivity contribution in [3.05, 3.63) is 65.6 Å². The molecule has 0 spiro atoms. The zero-order chi connectivity index (χ0) is 30.2. The molecule has 1 amide bonds. The second-order valence-corrected chi connectivity index (χ2v) is 10.0. The van der Waals surface area contributed by atoms with Gasteiger partial charge in [-0.25, -0.2) is 4.39 Å². The van der Waals surface area contributed by atoms with Crippen LogP contribution in [0.15, 0.2) is 51.5 Å². The fourth-order valence-electron chi connectivity index (χ4n) is 3.79. The van der Waals surface area contributed by atoms with Gasteiger partial charge in [0.05, 0.1) is 18.7 Å². The molecule has 0 radical (unpaired) electrons. The molecule has 12 nitrogen and oxygen atoms in total. The van der Waals surface area contributed by atoms with E-state index in [1.54, 1.807) is 31.1 Å². The lowest BCUT2D eigenvalue weighted by Gasteiger charge is -2.13. The number of hydrogen-bond donors (Lipinski definition) is 1. The van der Waals surface area contributed by atoms with Crippen LogP contribution in [0, 0.1) is 5.82 Å². The molecule has 4 rings (SSSR count). The number of ether oxygens (including phenoxy) is 2. The van der Waals surface area contributed by atoms with Crippen LogP contribution >= 0.6 is 0 Å². The van der Waals surface area contributed by atoms with E-state index in [2.05, 4.69) is 25.6 Å². The van der Waals surface area contributed by atoms with Crippen LogP contribution in [-0.2, 0) is 9.53 Å². The summed E-state index contributed by atoms with van der Waals surface area (Å²) in [6, 6.07) is 11.2. The fraction of sp³-hybridized carbons (Fsp3) is 0.379. The van der Waals surface area contributed by atoms with Gasteiger partial charge >= 0.3 is 5.97 Å². The lowest BCUT2D eigenvalue weighted by molar-refractivity contribution is -0.144. The highest BCUT2D eigenvalue weighted by Gasteiger charge is 2.22. The van der Waals surface area contributed by atoms with E-state index in [4.69, 9.17) is 18.5 Å². The van der Waals surface area contributed by atoms with Gasteiger partial charge in [0.2, 0.25) is 17.5 Å².